The fourth-order valence-corrected chi connectivity index (χ4v) is 2.91. The zero-order valence-corrected chi connectivity index (χ0v) is 10.9. The van der Waals surface area contributed by atoms with Crippen LogP contribution in [0.25, 0.3) is 0 Å². The van der Waals surface area contributed by atoms with Gasteiger partial charge in [-0.25, -0.2) is 0 Å². The number of rotatable bonds is 3. The van der Waals surface area contributed by atoms with Crippen LogP contribution < -0.4 is 0 Å². The molecule has 90 valence electrons. The Morgan fingerprint density at radius 1 is 1.13 bits per heavy atom. The van der Waals surface area contributed by atoms with Crippen molar-refractivity contribution in [2.75, 3.05) is 6.61 Å². The highest BCUT2D eigenvalue weighted by molar-refractivity contribution is 4.81. The second kappa shape index (κ2) is 5.34. The van der Waals surface area contributed by atoms with Crippen LogP contribution in [0.15, 0.2) is 0 Å². The second-order valence-corrected chi connectivity index (χ2v) is 6.61. The van der Waals surface area contributed by atoms with Gasteiger partial charge in [0, 0.05) is 6.61 Å². The summed E-state index contributed by atoms with van der Waals surface area (Å²) in [5.41, 5.74) is 0.494. The van der Waals surface area contributed by atoms with Gasteiger partial charge in [-0.2, -0.15) is 0 Å². The molecule has 0 heterocycles. The largest absolute Gasteiger partial charge is 0.396 e. The predicted molar refractivity (Wildman–Crippen MR) is 65.8 cm³/mol. The average Bonchev–Trinajstić information content (AvgIpc) is 2.17. The summed E-state index contributed by atoms with van der Waals surface area (Å²) in [6.07, 6.45) is 6.78. The Hall–Kier alpha value is -0.0400. The Morgan fingerprint density at radius 3 is 2.07 bits per heavy atom. The lowest BCUT2D eigenvalue weighted by Gasteiger charge is -2.37. The van der Waals surface area contributed by atoms with Gasteiger partial charge in [0.1, 0.15) is 0 Å². The smallest absolute Gasteiger partial charge is 0.0456 e. The van der Waals surface area contributed by atoms with Crippen LogP contribution >= 0.6 is 0 Å². The van der Waals surface area contributed by atoms with Crippen LogP contribution in [0.4, 0.5) is 0 Å². The lowest BCUT2D eigenvalue weighted by atomic mass is 9.69. The first-order chi connectivity index (χ1) is 6.93. The molecule has 0 unspecified atom stereocenters. The minimum Gasteiger partial charge on any atom is -0.396 e. The molecule has 1 rings (SSSR count). The van der Waals surface area contributed by atoms with Crippen molar-refractivity contribution in [1.29, 1.82) is 0 Å². The molecule has 1 aliphatic carbocycles. The molecule has 0 aliphatic heterocycles. The summed E-state index contributed by atoms with van der Waals surface area (Å²) in [5, 5.41) is 9.05. The second-order valence-electron chi connectivity index (χ2n) is 6.61. The normalized spacial score (nSPS) is 30.2. The minimum atomic E-state index is 0.360. The molecular weight excluding hydrogens is 184 g/mol. The van der Waals surface area contributed by atoms with E-state index in [2.05, 4.69) is 27.7 Å². The van der Waals surface area contributed by atoms with Gasteiger partial charge in [0.2, 0.25) is 0 Å². The summed E-state index contributed by atoms with van der Waals surface area (Å²) in [5.74, 6) is 2.30. The molecule has 1 atom stereocenters. The molecule has 1 saturated carbocycles. The molecule has 0 aromatic heterocycles. The number of aliphatic hydroxyl groups is 1. The first kappa shape index (κ1) is 13.0. The van der Waals surface area contributed by atoms with Gasteiger partial charge in [-0.1, -0.05) is 40.5 Å². The Balaban J connectivity index is 2.30. The molecule has 1 nitrogen and oxygen atoms in total. The van der Waals surface area contributed by atoms with E-state index in [1.165, 1.54) is 32.1 Å². The molecule has 0 spiro atoms. The number of aliphatic hydroxyl groups excluding tert-OH is 1. The maximum absolute atomic E-state index is 9.05. The van der Waals surface area contributed by atoms with Crippen molar-refractivity contribution >= 4 is 0 Å². The summed E-state index contributed by atoms with van der Waals surface area (Å²) in [7, 11) is 0. The third-order valence-corrected chi connectivity index (χ3v) is 4.12. The van der Waals surface area contributed by atoms with Crippen molar-refractivity contribution in [2.45, 2.75) is 59.8 Å². The molecule has 0 radical (unpaired) electrons. The third-order valence-electron chi connectivity index (χ3n) is 4.12. The van der Waals surface area contributed by atoms with Gasteiger partial charge in [-0.3, -0.25) is 0 Å². The van der Waals surface area contributed by atoms with Crippen molar-refractivity contribution in [1.82, 2.24) is 0 Å². The quantitative estimate of drug-likeness (QED) is 0.753. The van der Waals surface area contributed by atoms with Gasteiger partial charge in [-0.15, -0.1) is 0 Å². The van der Waals surface area contributed by atoms with Crippen LogP contribution in [0.2, 0.25) is 0 Å². The highest BCUT2D eigenvalue weighted by Gasteiger charge is 2.29. The zero-order chi connectivity index (χ0) is 11.5. The van der Waals surface area contributed by atoms with Gasteiger partial charge >= 0.3 is 0 Å². The molecule has 0 amide bonds. The van der Waals surface area contributed by atoms with Crippen LogP contribution in [-0.2, 0) is 0 Å². The summed E-state index contributed by atoms with van der Waals surface area (Å²) in [4.78, 5) is 0. The SMILES string of the molecule is C[C@H](CO)CC1CCC(C(C)(C)C)CC1. The van der Waals surface area contributed by atoms with Crippen molar-refractivity contribution in [2.24, 2.45) is 23.2 Å². The Morgan fingerprint density at radius 2 is 1.67 bits per heavy atom. The molecule has 1 fully saturated rings. The third kappa shape index (κ3) is 4.14. The van der Waals surface area contributed by atoms with E-state index in [-0.39, 0.29) is 0 Å². The maximum atomic E-state index is 9.05. The van der Waals surface area contributed by atoms with E-state index in [9.17, 15) is 0 Å². The van der Waals surface area contributed by atoms with Gasteiger partial charge < -0.3 is 5.11 Å². The van der Waals surface area contributed by atoms with Crippen LogP contribution in [0.5, 0.6) is 0 Å². The zero-order valence-electron chi connectivity index (χ0n) is 10.9. The summed E-state index contributed by atoms with van der Waals surface area (Å²) >= 11 is 0. The summed E-state index contributed by atoms with van der Waals surface area (Å²) < 4.78 is 0. The van der Waals surface area contributed by atoms with E-state index < -0.39 is 0 Å². The molecule has 15 heavy (non-hydrogen) atoms. The van der Waals surface area contributed by atoms with E-state index >= 15 is 0 Å². The highest BCUT2D eigenvalue weighted by atomic mass is 16.3. The molecule has 1 heteroatoms. The molecule has 0 saturated heterocycles. The summed E-state index contributed by atoms with van der Waals surface area (Å²) in [6, 6.07) is 0. The first-order valence-electron chi connectivity index (χ1n) is 6.54. The number of hydrogen-bond donors (Lipinski definition) is 1. The van der Waals surface area contributed by atoms with E-state index in [1.54, 1.807) is 0 Å². The van der Waals surface area contributed by atoms with Crippen molar-refractivity contribution in [3.63, 3.8) is 0 Å². The van der Waals surface area contributed by atoms with Gasteiger partial charge in [0.05, 0.1) is 0 Å². The molecule has 1 N–H and O–H groups in total. The Kier molecular flexibility index (Phi) is 4.64. The molecule has 0 aromatic carbocycles. The predicted octanol–water partition coefficient (Wildman–Crippen LogP) is 3.86. The molecule has 0 aromatic rings. The average molecular weight is 212 g/mol. The van der Waals surface area contributed by atoms with Crippen LogP contribution in [0, 0.1) is 23.2 Å². The number of hydrogen-bond acceptors (Lipinski definition) is 1. The standard InChI is InChI=1S/C14H28O/c1-11(10-15)9-12-5-7-13(8-6-12)14(2,3)4/h11-13,15H,5-10H2,1-4H3/t11-,12?,13?/m0/s1. The van der Waals surface area contributed by atoms with Crippen LogP contribution in [0.1, 0.15) is 59.8 Å². The maximum Gasteiger partial charge on any atom is 0.0456 e. The fourth-order valence-electron chi connectivity index (χ4n) is 2.91. The fraction of sp³-hybridized carbons (Fsp3) is 1.00. The topological polar surface area (TPSA) is 20.2 Å². The van der Waals surface area contributed by atoms with Gasteiger partial charge in [0.25, 0.3) is 0 Å². The van der Waals surface area contributed by atoms with Crippen molar-refractivity contribution < 1.29 is 5.11 Å². The Labute approximate surface area is 95.3 Å². The Bertz CT molecular complexity index is 172. The van der Waals surface area contributed by atoms with E-state index in [0.29, 0.717) is 17.9 Å². The lowest BCUT2D eigenvalue weighted by Crippen LogP contribution is -2.26. The summed E-state index contributed by atoms with van der Waals surface area (Å²) in [6.45, 7) is 9.63. The van der Waals surface area contributed by atoms with E-state index in [1.807, 2.05) is 0 Å². The van der Waals surface area contributed by atoms with Gasteiger partial charge in [0.15, 0.2) is 0 Å². The first-order valence-corrected chi connectivity index (χ1v) is 6.54. The minimum absolute atomic E-state index is 0.360. The van der Waals surface area contributed by atoms with Crippen LogP contribution in [0.3, 0.4) is 0 Å². The van der Waals surface area contributed by atoms with Crippen molar-refractivity contribution in [3.8, 4) is 0 Å². The van der Waals surface area contributed by atoms with Crippen LogP contribution in [-0.4, -0.2) is 11.7 Å². The van der Waals surface area contributed by atoms with E-state index in [4.69, 9.17) is 5.11 Å². The van der Waals surface area contributed by atoms with E-state index in [0.717, 1.165) is 11.8 Å². The van der Waals surface area contributed by atoms with Gasteiger partial charge in [-0.05, 0) is 42.4 Å². The molecule has 0 bridgehead atoms. The lowest BCUT2D eigenvalue weighted by molar-refractivity contribution is 0.129. The highest BCUT2D eigenvalue weighted by Crippen LogP contribution is 2.41. The molecular formula is C14H28O. The van der Waals surface area contributed by atoms with Crippen molar-refractivity contribution in [3.05, 3.63) is 0 Å². The molecule has 1 aliphatic rings. The monoisotopic (exact) mass is 212 g/mol.